The average molecular weight is 396 g/mol. The summed E-state index contributed by atoms with van der Waals surface area (Å²) in [5.74, 6) is 0.751. The largest absolute Gasteiger partial charge is 0.493 e. The lowest BCUT2D eigenvalue weighted by Gasteiger charge is -2.17. The third-order valence-corrected chi connectivity index (χ3v) is 5.03. The van der Waals surface area contributed by atoms with Gasteiger partial charge in [-0.15, -0.1) is 0 Å². The highest BCUT2D eigenvalue weighted by Gasteiger charge is 2.15. The fraction of sp³-hybridized carbons (Fsp3) is 0.417. The molecular formula is C24H28O5. The number of rotatable bonds is 11. The van der Waals surface area contributed by atoms with Gasteiger partial charge in [0.15, 0.2) is 11.6 Å². The molecule has 1 heterocycles. The maximum Gasteiger partial charge on any atom is 0.163 e. The summed E-state index contributed by atoms with van der Waals surface area (Å²) in [4.78, 5) is 25.1. The number of methoxy groups -OCH3 is 1. The lowest BCUT2D eigenvalue weighted by molar-refractivity contribution is 0.0722. The fourth-order valence-electron chi connectivity index (χ4n) is 3.36. The summed E-state index contributed by atoms with van der Waals surface area (Å²) in [5, 5.41) is 0. The van der Waals surface area contributed by atoms with Crippen molar-refractivity contribution in [1.82, 2.24) is 0 Å². The molecule has 0 N–H and O–H groups in total. The number of carbonyl (C=O) groups excluding carboxylic acids is 2. The van der Waals surface area contributed by atoms with Crippen LogP contribution >= 0.6 is 0 Å². The molecule has 1 aliphatic rings. The topological polar surface area (TPSA) is 61.8 Å². The number of benzene rings is 2. The molecule has 1 aliphatic heterocycles. The van der Waals surface area contributed by atoms with Crippen LogP contribution in [0.25, 0.3) is 0 Å². The van der Waals surface area contributed by atoms with Gasteiger partial charge in [0.2, 0.25) is 0 Å². The molecule has 5 heteroatoms. The number of Topliss-reactive ketones (excluding diaryl/α,β-unsaturated/α-hetero) is 2. The zero-order valence-electron chi connectivity index (χ0n) is 16.9. The molecule has 0 radical (unpaired) electrons. The minimum absolute atomic E-state index is 0.0188. The van der Waals surface area contributed by atoms with Gasteiger partial charge in [-0.25, -0.2) is 0 Å². The predicted octanol–water partition coefficient (Wildman–Crippen LogP) is 4.06. The minimum Gasteiger partial charge on any atom is -0.493 e. The first-order chi connectivity index (χ1) is 14.2. The van der Waals surface area contributed by atoms with Crippen molar-refractivity contribution in [3.63, 3.8) is 0 Å². The van der Waals surface area contributed by atoms with Crippen LogP contribution in [0.2, 0.25) is 0 Å². The van der Waals surface area contributed by atoms with Crippen LogP contribution < -0.4 is 4.74 Å². The number of carbonyl (C=O) groups is 2. The summed E-state index contributed by atoms with van der Waals surface area (Å²) in [7, 11) is 1.64. The standard InChI is InChI=1S/C24H28O5/c1-27-14-15-28-13-11-18-4-2-5-20(16-18)22(25)9-10-23(26)21-8-7-19-6-3-12-29-24(19)17-21/h2,4-5,7-8,16-17H,3,6,9-15H2,1H3. The van der Waals surface area contributed by atoms with Crippen molar-refractivity contribution in [3.05, 3.63) is 64.7 Å². The van der Waals surface area contributed by atoms with E-state index in [1.165, 1.54) is 0 Å². The van der Waals surface area contributed by atoms with Crippen LogP contribution in [-0.2, 0) is 22.3 Å². The number of hydrogen-bond donors (Lipinski definition) is 0. The highest BCUT2D eigenvalue weighted by Crippen LogP contribution is 2.26. The Labute approximate surface area is 172 Å². The van der Waals surface area contributed by atoms with Crippen LogP contribution in [0.5, 0.6) is 5.75 Å². The lowest BCUT2D eigenvalue weighted by Crippen LogP contribution is -2.10. The first-order valence-electron chi connectivity index (χ1n) is 10.1. The van der Waals surface area contributed by atoms with Gasteiger partial charge in [-0.1, -0.05) is 30.3 Å². The Morgan fingerprint density at radius 1 is 0.966 bits per heavy atom. The average Bonchev–Trinajstić information content (AvgIpc) is 2.77. The van der Waals surface area contributed by atoms with Gasteiger partial charge in [0.25, 0.3) is 0 Å². The highest BCUT2D eigenvalue weighted by molar-refractivity contribution is 6.02. The monoisotopic (exact) mass is 396 g/mol. The maximum atomic E-state index is 12.6. The summed E-state index contributed by atoms with van der Waals surface area (Å²) >= 11 is 0. The number of aryl methyl sites for hydroxylation is 1. The highest BCUT2D eigenvalue weighted by atomic mass is 16.5. The molecule has 3 rings (SSSR count). The maximum absolute atomic E-state index is 12.6. The second-order valence-corrected chi connectivity index (χ2v) is 7.18. The van der Waals surface area contributed by atoms with Crippen molar-refractivity contribution in [3.8, 4) is 5.75 Å². The Balaban J connectivity index is 1.51. The van der Waals surface area contributed by atoms with Gasteiger partial charge < -0.3 is 14.2 Å². The molecule has 0 fully saturated rings. The van der Waals surface area contributed by atoms with E-state index >= 15 is 0 Å². The van der Waals surface area contributed by atoms with Gasteiger partial charge in [-0.2, -0.15) is 0 Å². The van der Waals surface area contributed by atoms with E-state index in [4.69, 9.17) is 14.2 Å². The molecule has 0 bridgehead atoms. The molecule has 29 heavy (non-hydrogen) atoms. The van der Waals surface area contributed by atoms with Gasteiger partial charge >= 0.3 is 0 Å². The van der Waals surface area contributed by atoms with E-state index in [-0.39, 0.29) is 24.4 Å². The van der Waals surface area contributed by atoms with Gasteiger partial charge in [-0.3, -0.25) is 9.59 Å². The van der Waals surface area contributed by atoms with E-state index < -0.39 is 0 Å². The van der Waals surface area contributed by atoms with E-state index in [1.807, 2.05) is 36.4 Å². The fourth-order valence-corrected chi connectivity index (χ4v) is 3.36. The molecule has 0 saturated heterocycles. The van der Waals surface area contributed by atoms with Crippen molar-refractivity contribution in [2.75, 3.05) is 33.5 Å². The van der Waals surface area contributed by atoms with Crippen molar-refractivity contribution in [1.29, 1.82) is 0 Å². The molecule has 0 amide bonds. The van der Waals surface area contributed by atoms with E-state index in [0.29, 0.717) is 37.6 Å². The summed E-state index contributed by atoms with van der Waals surface area (Å²) in [6, 6.07) is 13.2. The number of ether oxygens (including phenoxy) is 3. The molecule has 5 nitrogen and oxygen atoms in total. The van der Waals surface area contributed by atoms with Gasteiger partial charge in [-0.05, 0) is 42.5 Å². The van der Waals surface area contributed by atoms with Crippen LogP contribution in [0.15, 0.2) is 42.5 Å². The molecular weight excluding hydrogens is 368 g/mol. The van der Waals surface area contributed by atoms with Crippen molar-refractivity contribution in [2.24, 2.45) is 0 Å². The van der Waals surface area contributed by atoms with E-state index in [1.54, 1.807) is 13.2 Å². The van der Waals surface area contributed by atoms with Crippen LogP contribution in [-0.4, -0.2) is 45.1 Å². The zero-order chi connectivity index (χ0) is 20.5. The van der Waals surface area contributed by atoms with Gasteiger partial charge in [0, 0.05) is 31.1 Å². The summed E-state index contributed by atoms with van der Waals surface area (Å²) < 4.78 is 16.1. The summed E-state index contributed by atoms with van der Waals surface area (Å²) in [5.41, 5.74) is 3.44. The van der Waals surface area contributed by atoms with Gasteiger partial charge in [0.05, 0.1) is 26.4 Å². The van der Waals surface area contributed by atoms with E-state index in [0.717, 1.165) is 36.1 Å². The number of ketones is 2. The minimum atomic E-state index is -0.0296. The molecule has 0 unspecified atom stereocenters. The van der Waals surface area contributed by atoms with Crippen LogP contribution in [0.1, 0.15) is 51.1 Å². The second kappa shape index (κ2) is 10.9. The Bertz CT molecular complexity index is 843. The first kappa shape index (κ1) is 21.2. The quantitative estimate of drug-likeness (QED) is 0.423. The molecule has 2 aromatic rings. The third-order valence-electron chi connectivity index (χ3n) is 5.03. The molecule has 0 aliphatic carbocycles. The molecule has 154 valence electrons. The Morgan fingerprint density at radius 2 is 1.76 bits per heavy atom. The zero-order valence-corrected chi connectivity index (χ0v) is 16.9. The molecule has 2 aromatic carbocycles. The smallest absolute Gasteiger partial charge is 0.163 e. The molecule has 0 saturated carbocycles. The summed E-state index contributed by atoms with van der Waals surface area (Å²) in [6.45, 7) is 2.41. The van der Waals surface area contributed by atoms with Crippen molar-refractivity contribution in [2.45, 2.75) is 32.1 Å². The molecule has 0 spiro atoms. The third kappa shape index (κ3) is 6.24. The van der Waals surface area contributed by atoms with E-state index in [2.05, 4.69) is 0 Å². The number of fused-ring (bicyclic) bond motifs is 1. The molecule has 0 aromatic heterocycles. The Hall–Kier alpha value is -2.50. The molecule has 0 atom stereocenters. The number of hydrogen-bond acceptors (Lipinski definition) is 5. The SMILES string of the molecule is COCCOCCc1cccc(C(=O)CCC(=O)c2ccc3c(c2)OCCC3)c1. The van der Waals surface area contributed by atoms with Crippen molar-refractivity contribution >= 4 is 11.6 Å². The Kier molecular flexibility index (Phi) is 7.96. The van der Waals surface area contributed by atoms with E-state index in [9.17, 15) is 9.59 Å². The second-order valence-electron chi connectivity index (χ2n) is 7.18. The Morgan fingerprint density at radius 3 is 2.55 bits per heavy atom. The predicted molar refractivity (Wildman–Crippen MR) is 111 cm³/mol. The normalized spacial score (nSPS) is 12.9. The summed E-state index contributed by atoms with van der Waals surface area (Å²) in [6.07, 6.45) is 3.12. The van der Waals surface area contributed by atoms with Crippen LogP contribution in [0.4, 0.5) is 0 Å². The lowest BCUT2D eigenvalue weighted by atomic mass is 9.98. The van der Waals surface area contributed by atoms with Crippen LogP contribution in [0, 0.1) is 0 Å². The van der Waals surface area contributed by atoms with Crippen molar-refractivity contribution < 1.29 is 23.8 Å². The van der Waals surface area contributed by atoms with Gasteiger partial charge in [0.1, 0.15) is 5.75 Å². The first-order valence-corrected chi connectivity index (χ1v) is 10.1. The van der Waals surface area contributed by atoms with Crippen LogP contribution in [0.3, 0.4) is 0 Å².